The molecule has 1 aliphatic heterocycles. The fraction of sp³-hybridized carbons (Fsp3) is 0.429. The van der Waals surface area contributed by atoms with Gasteiger partial charge in [0.1, 0.15) is 0 Å². The second-order valence-corrected chi connectivity index (χ2v) is 5.98. The van der Waals surface area contributed by atoms with Gasteiger partial charge < -0.3 is 15.3 Å². The molecule has 2 N–H and O–H groups in total. The lowest BCUT2D eigenvalue weighted by Gasteiger charge is -2.11. The largest absolute Gasteiger partial charge is 0.478 e. The maximum Gasteiger partial charge on any atom is 0.328 e. The highest BCUT2D eigenvalue weighted by Gasteiger charge is 2.20. The van der Waals surface area contributed by atoms with E-state index in [4.69, 9.17) is 5.11 Å². The predicted octanol–water partition coefficient (Wildman–Crippen LogP) is 1.53. The van der Waals surface area contributed by atoms with Crippen LogP contribution in [-0.4, -0.2) is 48.6 Å². The third-order valence-corrected chi connectivity index (χ3v) is 4.21. The Morgan fingerprint density at radius 1 is 1.60 bits per heavy atom. The van der Waals surface area contributed by atoms with Gasteiger partial charge in [0, 0.05) is 29.4 Å². The van der Waals surface area contributed by atoms with E-state index >= 15 is 0 Å². The standard InChI is InChI=1S/C14H18N2O3S/c1-16-5-4-10(8-16)7-15-14(19)11-6-12(20-9-11)2-3-13(17)18/h2-3,6,9-10H,4-5,7-8H2,1H3,(H,15,19)(H,17,18). The highest BCUT2D eigenvalue weighted by molar-refractivity contribution is 7.11. The van der Waals surface area contributed by atoms with Gasteiger partial charge in [-0.2, -0.15) is 0 Å². The van der Waals surface area contributed by atoms with Crippen LogP contribution in [0.1, 0.15) is 21.7 Å². The van der Waals surface area contributed by atoms with Gasteiger partial charge in [-0.05, 0) is 38.1 Å². The highest BCUT2D eigenvalue weighted by Crippen LogP contribution is 2.17. The minimum absolute atomic E-state index is 0.0919. The van der Waals surface area contributed by atoms with E-state index in [9.17, 15) is 9.59 Å². The van der Waals surface area contributed by atoms with Gasteiger partial charge in [-0.15, -0.1) is 11.3 Å². The summed E-state index contributed by atoms with van der Waals surface area (Å²) in [6, 6.07) is 1.71. The molecule has 1 aromatic heterocycles. The second-order valence-electron chi connectivity index (χ2n) is 5.04. The molecule has 0 aromatic carbocycles. The fourth-order valence-electron chi connectivity index (χ4n) is 2.24. The van der Waals surface area contributed by atoms with Crippen molar-refractivity contribution in [2.75, 3.05) is 26.7 Å². The van der Waals surface area contributed by atoms with Crippen molar-refractivity contribution in [2.45, 2.75) is 6.42 Å². The maximum absolute atomic E-state index is 12.0. The van der Waals surface area contributed by atoms with E-state index in [0.29, 0.717) is 18.0 Å². The average molecular weight is 294 g/mol. The summed E-state index contributed by atoms with van der Waals surface area (Å²) >= 11 is 1.36. The van der Waals surface area contributed by atoms with E-state index in [-0.39, 0.29) is 5.91 Å². The topological polar surface area (TPSA) is 69.6 Å². The molecule has 20 heavy (non-hydrogen) atoms. The van der Waals surface area contributed by atoms with Gasteiger partial charge >= 0.3 is 5.97 Å². The zero-order chi connectivity index (χ0) is 14.5. The summed E-state index contributed by atoms with van der Waals surface area (Å²) in [5.74, 6) is -0.561. The first-order valence-corrected chi connectivity index (χ1v) is 7.39. The lowest BCUT2D eigenvalue weighted by atomic mass is 10.1. The van der Waals surface area contributed by atoms with Gasteiger partial charge in [0.25, 0.3) is 5.91 Å². The highest BCUT2D eigenvalue weighted by atomic mass is 32.1. The van der Waals surface area contributed by atoms with E-state index < -0.39 is 5.97 Å². The first-order chi connectivity index (χ1) is 9.54. The van der Waals surface area contributed by atoms with Gasteiger partial charge in [0.15, 0.2) is 0 Å². The van der Waals surface area contributed by atoms with Crippen LogP contribution in [0.5, 0.6) is 0 Å². The van der Waals surface area contributed by atoms with Crippen molar-refractivity contribution in [2.24, 2.45) is 5.92 Å². The summed E-state index contributed by atoms with van der Waals surface area (Å²) in [5.41, 5.74) is 0.589. The number of likely N-dealkylation sites (tertiary alicyclic amines) is 1. The average Bonchev–Trinajstić information content (AvgIpc) is 3.02. The summed E-state index contributed by atoms with van der Waals surface area (Å²) in [6.07, 6.45) is 3.69. The van der Waals surface area contributed by atoms with Crippen LogP contribution >= 0.6 is 11.3 Å². The summed E-state index contributed by atoms with van der Waals surface area (Å²) in [7, 11) is 2.09. The summed E-state index contributed by atoms with van der Waals surface area (Å²) in [6.45, 7) is 2.80. The maximum atomic E-state index is 12.0. The fourth-order valence-corrected chi connectivity index (χ4v) is 3.02. The van der Waals surface area contributed by atoms with E-state index in [1.165, 1.54) is 17.4 Å². The van der Waals surface area contributed by atoms with Crippen molar-refractivity contribution in [1.82, 2.24) is 10.2 Å². The van der Waals surface area contributed by atoms with Gasteiger partial charge in [-0.25, -0.2) is 4.79 Å². The van der Waals surface area contributed by atoms with Crippen LogP contribution in [-0.2, 0) is 4.79 Å². The van der Waals surface area contributed by atoms with Crippen molar-refractivity contribution >= 4 is 29.3 Å². The molecule has 0 spiro atoms. The first-order valence-electron chi connectivity index (χ1n) is 6.51. The normalized spacial score (nSPS) is 19.6. The molecule has 1 aromatic rings. The Bertz CT molecular complexity index is 524. The first kappa shape index (κ1) is 14.7. The van der Waals surface area contributed by atoms with Crippen LogP contribution in [0, 0.1) is 5.92 Å². The number of carbonyl (C=O) groups excluding carboxylic acids is 1. The van der Waals surface area contributed by atoms with E-state index in [1.54, 1.807) is 11.4 Å². The molecule has 1 fully saturated rings. The zero-order valence-electron chi connectivity index (χ0n) is 11.3. The smallest absolute Gasteiger partial charge is 0.328 e. The lowest BCUT2D eigenvalue weighted by Crippen LogP contribution is -2.30. The molecule has 1 unspecified atom stereocenters. The Kier molecular flexibility index (Phi) is 4.92. The molecule has 1 aliphatic rings. The quantitative estimate of drug-likeness (QED) is 0.808. The minimum atomic E-state index is -0.991. The number of rotatable bonds is 5. The summed E-state index contributed by atoms with van der Waals surface area (Å²) in [5, 5.41) is 13.2. The molecule has 1 saturated heterocycles. The van der Waals surface area contributed by atoms with Crippen molar-refractivity contribution in [1.29, 1.82) is 0 Å². The molecule has 1 amide bonds. The number of nitrogens with zero attached hydrogens (tertiary/aromatic N) is 1. The van der Waals surface area contributed by atoms with Crippen LogP contribution < -0.4 is 5.32 Å². The number of carboxylic acids is 1. The molecule has 0 saturated carbocycles. The lowest BCUT2D eigenvalue weighted by molar-refractivity contribution is -0.131. The molecule has 2 rings (SSSR count). The van der Waals surface area contributed by atoms with E-state index in [2.05, 4.69) is 17.3 Å². The Balaban J connectivity index is 1.85. The molecular formula is C14H18N2O3S. The molecule has 108 valence electrons. The Morgan fingerprint density at radius 3 is 3.05 bits per heavy atom. The third kappa shape index (κ3) is 4.18. The van der Waals surface area contributed by atoms with Crippen LogP contribution in [0.25, 0.3) is 6.08 Å². The summed E-state index contributed by atoms with van der Waals surface area (Å²) in [4.78, 5) is 25.4. The minimum Gasteiger partial charge on any atom is -0.478 e. The van der Waals surface area contributed by atoms with Gasteiger partial charge in [0.2, 0.25) is 0 Å². The molecule has 2 heterocycles. The van der Waals surface area contributed by atoms with Crippen molar-refractivity contribution in [3.05, 3.63) is 28.0 Å². The van der Waals surface area contributed by atoms with Crippen molar-refractivity contribution in [3.8, 4) is 0 Å². The molecule has 1 atom stereocenters. The Hall–Kier alpha value is -1.66. The molecule has 5 nitrogen and oxygen atoms in total. The summed E-state index contributed by atoms with van der Waals surface area (Å²) < 4.78 is 0. The second kappa shape index (κ2) is 6.67. The number of hydrogen-bond donors (Lipinski definition) is 2. The SMILES string of the molecule is CN1CCC(CNC(=O)c2csc(C=CC(=O)O)c2)C1. The number of hydrogen-bond acceptors (Lipinski definition) is 4. The van der Waals surface area contributed by atoms with Crippen LogP contribution in [0.2, 0.25) is 0 Å². The van der Waals surface area contributed by atoms with Crippen LogP contribution in [0.4, 0.5) is 0 Å². The monoisotopic (exact) mass is 294 g/mol. The van der Waals surface area contributed by atoms with Crippen LogP contribution in [0.3, 0.4) is 0 Å². The Morgan fingerprint density at radius 2 is 2.40 bits per heavy atom. The predicted molar refractivity (Wildman–Crippen MR) is 78.9 cm³/mol. The molecule has 0 bridgehead atoms. The number of amides is 1. The zero-order valence-corrected chi connectivity index (χ0v) is 12.2. The number of aliphatic carboxylic acids is 1. The van der Waals surface area contributed by atoms with Gasteiger partial charge in [-0.1, -0.05) is 0 Å². The number of nitrogens with one attached hydrogen (secondary N) is 1. The number of carbonyl (C=O) groups is 2. The van der Waals surface area contributed by atoms with E-state index in [1.807, 2.05) is 0 Å². The van der Waals surface area contributed by atoms with Crippen LogP contribution in [0.15, 0.2) is 17.5 Å². The molecule has 0 aliphatic carbocycles. The van der Waals surface area contributed by atoms with Gasteiger partial charge in [-0.3, -0.25) is 4.79 Å². The number of carboxylic acid groups (broad SMARTS) is 1. The molecular weight excluding hydrogens is 276 g/mol. The van der Waals surface area contributed by atoms with Crippen molar-refractivity contribution < 1.29 is 14.7 Å². The number of thiophene rings is 1. The molecule has 0 radical (unpaired) electrons. The van der Waals surface area contributed by atoms with E-state index in [0.717, 1.165) is 30.5 Å². The Labute approximate surface area is 121 Å². The molecule has 6 heteroatoms. The van der Waals surface area contributed by atoms with Gasteiger partial charge in [0.05, 0.1) is 5.56 Å². The third-order valence-electron chi connectivity index (χ3n) is 3.31. The van der Waals surface area contributed by atoms with Crippen molar-refractivity contribution in [3.63, 3.8) is 0 Å².